The summed E-state index contributed by atoms with van der Waals surface area (Å²) in [6.07, 6.45) is 0.496. The molecule has 2 N–H and O–H groups in total. The van der Waals surface area contributed by atoms with E-state index in [0.717, 1.165) is 6.07 Å². The quantitative estimate of drug-likeness (QED) is 0.837. The molecule has 0 unspecified atom stereocenters. The summed E-state index contributed by atoms with van der Waals surface area (Å²) in [5.74, 6) is -2.15. The second-order valence-electron chi connectivity index (χ2n) is 3.13. The van der Waals surface area contributed by atoms with Crippen molar-refractivity contribution in [2.45, 2.75) is 0 Å². The van der Waals surface area contributed by atoms with Gasteiger partial charge in [-0.1, -0.05) is 12.7 Å². The Bertz CT molecular complexity index is 481. The molecule has 0 spiro atoms. The van der Waals surface area contributed by atoms with E-state index in [1.165, 1.54) is 12.1 Å². The molecule has 0 bridgehead atoms. The molecule has 96 valence electrons. The molecule has 0 saturated heterocycles. The number of hydrogen-bond donors (Lipinski definition) is 2. The number of anilines is 1. The highest BCUT2D eigenvalue weighted by Gasteiger charge is 2.15. The van der Waals surface area contributed by atoms with E-state index in [0.29, 0.717) is 0 Å². The summed E-state index contributed by atoms with van der Waals surface area (Å²) in [6.45, 7) is 3.34. The Morgan fingerprint density at radius 3 is 2.72 bits per heavy atom. The number of rotatable bonds is 4. The molecule has 0 radical (unpaired) electrons. The first-order valence-corrected chi connectivity index (χ1v) is 5.52. The van der Waals surface area contributed by atoms with Crippen molar-refractivity contribution in [1.29, 1.82) is 0 Å². The van der Waals surface area contributed by atoms with E-state index in [1.54, 1.807) is 0 Å². The number of aromatic carboxylic acids is 1. The molecule has 0 atom stereocenters. The average molecular weight is 318 g/mol. The molecule has 0 aliphatic heterocycles. The van der Waals surface area contributed by atoms with E-state index >= 15 is 0 Å². The number of carboxylic acid groups (broad SMARTS) is 1. The van der Waals surface area contributed by atoms with E-state index in [-0.39, 0.29) is 22.3 Å². The maximum absolute atomic E-state index is 13.6. The van der Waals surface area contributed by atoms with Crippen LogP contribution < -0.4 is 5.32 Å². The molecule has 1 aromatic carbocycles. The second-order valence-corrected chi connectivity index (χ2v) is 3.99. The Balaban J connectivity index is 2.93. The number of hydrogen-bond acceptors (Lipinski definition) is 3. The summed E-state index contributed by atoms with van der Waals surface area (Å²) in [5, 5.41) is 10.9. The van der Waals surface area contributed by atoms with Gasteiger partial charge in [0.1, 0.15) is 12.4 Å². The van der Waals surface area contributed by atoms with Crippen LogP contribution in [0.25, 0.3) is 0 Å². The first-order valence-electron chi connectivity index (χ1n) is 4.72. The molecule has 1 rings (SSSR count). The molecule has 1 aromatic rings. The predicted octanol–water partition coefficient (Wildman–Crippen LogP) is 3.02. The van der Waals surface area contributed by atoms with Crippen LogP contribution in [-0.4, -0.2) is 23.8 Å². The SMILES string of the molecule is C=CCOC(=O)Nc1c(F)cc(C(=O)O)cc1Br. The van der Waals surface area contributed by atoms with Gasteiger partial charge in [0.25, 0.3) is 0 Å². The Morgan fingerprint density at radius 2 is 2.22 bits per heavy atom. The molecule has 7 heteroatoms. The van der Waals surface area contributed by atoms with Crippen molar-refractivity contribution in [3.05, 3.63) is 40.6 Å². The lowest BCUT2D eigenvalue weighted by Gasteiger charge is -2.09. The summed E-state index contributed by atoms with van der Waals surface area (Å²) in [6, 6.07) is 1.98. The molecule has 18 heavy (non-hydrogen) atoms. The summed E-state index contributed by atoms with van der Waals surface area (Å²) >= 11 is 2.97. The van der Waals surface area contributed by atoms with Crippen LogP contribution in [0.4, 0.5) is 14.9 Å². The van der Waals surface area contributed by atoms with Gasteiger partial charge in [0, 0.05) is 4.47 Å². The Labute approximate surface area is 110 Å². The zero-order valence-corrected chi connectivity index (χ0v) is 10.7. The lowest BCUT2D eigenvalue weighted by molar-refractivity contribution is 0.0696. The van der Waals surface area contributed by atoms with Gasteiger partial charge in [-0.3, -0.25) is 5.32 Å². The standard InChI is InChI=1S/C11H9BrFNO4/c1-2-3-18-11(17)14-9-7(12)4-6(10(15)16)5-8(9)13/h2,4-5H,1,3H2,(H,14,17)(H,15,16). The fourth-order valence-corrected chi connectivity index (χ4v) is 1.62. The Morgan fingerprint density at radius 1 is 1.56 bits per heavy atom. The van der Waals surface area contributed by atoms with Crippen molar-refractivity contribution < 1.29 is 23.8 Å². The van der Waals surface area contributed by atoms with Gasteiger partial charge in [-0.05, 0) is 28.1 Å². The summed E-state index contributed by atoms with van der Waals surface area (Å²) in [5.41, 5.74) is -0.418. The van der Waals surface area contributed by atoms with Gasteiger partial charge in [-0.25, -0.2) is 14.0 Å². The molecular weight excluding hydrogens is 309 g/mol. The van der Waals surface area contributed by atoms with Crippen molar-refractivity contribution >= 4 is 33.7 Å². The van der Waals surface area contributed by atoms with Crippen LogP contribution in [0, 0.1) is 5.82 Å². The number of carboxylic acids is 1. The van der Waals surface area contributed by atoms with Crippen LogP contribution in [0.3, 0.4) is 0 Å². The number of carbonyl (C=O) groups excluding carboxylic acids is 1. The van der Waals surface area contributed by atoms with Crippen molar-refractivity contribution in [1.82, 2.24) is 0 Å². The van der Waals surface area contributed by atoms with Crippen LogP contribution in [0.1, 0.15) is 10.4 Å². The van der Waals surface area contributed by atoms with Gasteiger partial charge in [0.2, 0.25) is 0 Å². The van der Waals surface area contributed by atoms with Gasteiger partial charge >= 0.3 is 12.1 Å². The highest BCUT2D eigenvalue weighted by atomic mass is 79.9. The molecule has 0 heterocycles. The molecule has 5 nitrogen and oxygen atoms in total. The normalized spacial score (nSPS) is 9.67. The molecule has 0 aliphatic rings. The average Bonchev–Trinajstić information content (AvgIpc) is 2.30. The van der Waals surface area contributed by atoms with Crippen LogP contribution in [-0.2, 0) is 4.74 Å². The largest absolute Gasteiger partial charge is 0.478 e. The molecule has 0 aliphatic carbocycles. The van der Waals surface area contributed by atoms with Gasteiger partial charge in [-0.15, -0.1) is 0 Å². The minimum Gasteiger partial charge on any atom is -0.478 e. The van der Waals surface area contributed by atoms with E-state index in [9.17, 15) is 14.0 Å². The summed E-state index contributed by atoms with van der Waals surface area (Å²) < 4.78 is 18.3. The highest BCUT2D eigenvalue weighted by molar-refractivity contribution is 9.10. The van der Waals surface area contributed by atoms with Crippen molar-refractivity contribution in [3.8, 4) is 0 Å². The zero-order valence-electron chi connectivity index (χ0n) is 9.07. The predicted molar refractivity (Wildman–Crippen MR) is 66.2 cm³/mol. The van der Waals surface area contributed by atoms with Gasteiger partial charge in [0.15, 0.2) is 0 Å². The van der Waals surface area contributed by atoms with Crippen molar-refractivity contribution in [3.63, 3.8) is 0 Å². The summed E-state index contributed by atoms with van der Waals surface area (Å²) in [4.78, 5) is 21.9. The van der Waals surface area contributed by atoms with Gasteiger partial charge in [0.05, 0.1) is 11.3 Å². The van der Waals surface area contributed by atoms with Crippen LogP contribution in [0.15, 0.2) is 29.3 Å². The topological polar surface area (TPSA) is 75.6 Å². The number of halogens is 2. The van der Waals surface area contributed by atoms with Crippen LogP contribution >= 0.6 is 15.9 Å². The minimum absolute atomic E-state index is 0.0156. The monoisotopic (exact) mass is 317 g/mol. The van der Waals surface area contributed by atoms with Gasteiger partial charge < -0.3 is 9.84 Å². The zero-order chi connectivity index (χ0) is 13.7. The maximum atomic E-state index is 13.6. The molecule has 0 fully saturated rings. The molecule has 0 aromatic heterocycles. The molecule has 0 saturated carbocycles. The van der Waals surface area contributed by atoms with E-state index < -0.39 is 17.9 Å². The fraction of sp³-hybridized carbons (Fsp3) is 0.0909. The van der Waals surface area contributed by atoms with Crippen LogP contribution in [0.5, 0.6) is 0 Å². The lowest BCUT2D eigenvalue weighted by Crippen LogP contribution is -2.15. The third kappa shape index (κ3) is 3.56. The van der Waals surface area contributed by atoms with Crippen molar-refractivity contribution in [2.24, 2.45) is 0 Å². The number of amides is 1. The minimum atomic E-state index is -1.27. The Kier molecular flexibility index (Phi) is 4.85. The second kappa shape index (κ2) is 6.15. The highest BCUT2D eigenvalue weighted by Crippen LogP contribution is 2.27. The smallest absolute Gasteiger partial charge is 0.412 e. The van der Waals surface area contributed by atoms with E-state index in [1.807, 2.05) is 0 Å². The Hall–Kier alpha value is -1.89. The third-order valence-corrected chi connectivity index (χ3v) is 2.47. The van der Waals surface area contributed by atoms with E-state index in [4.69, 9.17) is 5.11 Å². The number of nitrogens with one attached hydrogen (secondary N) is 1. The third-order valence-electron chi connectivity index (χ3n) is 1.85. The summed E-state index contributed by atoms with van der Waals surface area (Å²) in [7, 11) is 0. The lowest BCUT2D eigenvalue weighted by atomic mass is 10.2. The number of benzene rings is 1. The first-order chi connectivity index (χ1) is 8.45. The fourth-order valence-electron chi connectivity index (χ4n) is 1.09. The first kappa shape index (κ1) is 14.2. The van der Waals surface area contributed by atoms with E-state index in [2.05, 4.69) is 32.6 Å². The molecular formula is C11H9BrFNO4. The van der Waals surface area contributed by atoms with Crippen LogP contribution in [0.2, 0.25) is 0 Å². The number of ether oxygens (including phenoxy) is 1. The van der Waals surface area contributed by atoms with Crippen molar-refractivity contribution in [2.75, 3.05) is 11.9 Å². The maximum Gasteiger partial charge on any atom is 0.412 e. The van der Waals surface area contributed by atoms with Gasteiger partial charge in [-0.2, -0.15) is 0 Å². The number of carbonyl (C=O) groups is 2. The molecule has 1 amide bonds.